The number of hydrogen-bond donors (Lipinski definition) is 1. The lowest BCUT2D eigenvalue weighted by atomic mass is 10.1. The summed E-state index contributed by atoms with van der Waals surface area (Å²) in [5, 5.41) is 9.57. The summed E-state index contributed by atoms with van der Waals surface area (Å²) in [6, 6.07) is 8.65. The van der Waals surface area contributed by atoms with Crippen LogP contribution in [0.25, 0.3) is 0 Å². The van der Waals surface area contributed by atoms with Gasteiger partial charge in [0.25, 0.3) is 0 Å². The van der Waals surface area contributed by atoms with Gasteiger partial charge in [-0.15, -0.1) is 0 Å². The van der Waals surface area contributed by atoms with Gasteiger partial charge in [-0.2, -0.15) is 0 Å². The molecule has 8 heteroatoms. The van der Waals surface area contributed by atoms with Crippen molar-refractivity contribution in [3.63, 3.8) is 0 Å². The Morgan fingerprint density at radius 1 is 1.25 bits per heavy atom. The Bertz CT molecular complexity index is 907. The predicted molar refractivity (Wildman–Crippen MR) is 86.0 cm³/mol. The van der Waals surface area contributed by atoms with Gasteiger partial charge in [0.15, 0.2) is 16.6 Å². The van der Waals surface area contributed by atoms with E-state index in [0.717, 1.165) is 0 Å². The fraction of sp³-hybridized carbons (Fsp3) is 0.188. The average molecular weight is 369 g/mol. The molecule has 6 nitrogen and oxygen atoms in total. The lowest BCUT2D eigenvalue weighted by molar-refractivity contribution is -0.0169. The maximum atomic E-state index is 12.7. The third-order valence-corrected chi connectivity index (χ3v) is 5.49. The van der Waals surface area contributed by atoms with Gasteiger partial charge in [-0.3, -0.25) is 0 Å². The number of ether oxygens (including phenoxy) is 2. The van der Waals surface area contributed by atoms with Gasteiger partial charge in [0.1, 0.15) is 5.75 Å². The van der Waals surface area contributed by atoms with Crippen LogP contribution in [0, 0.1) is 0 Å². The standard InChI is InChI=1S/C16H13ClO6S/c17-12-5-10-7-22-9-23-15(10)11(6-12)8-24(20,21)14-4-2-1-3-13(14)16(18)19/h1-6H,7-9H2,(H,18,19). The minimum atomic E-state index is -3.90. The summed E-state index contributed by atoms with van der Waals surface area (Å²) in [6.45, 7) is 0.294. The van der Waals surface area contributed by atoms with Gasteiger partial charge < -0.3 is 14.6 Å². The number of carbonyl (C=O) groups is 1. The van der Waals surface area contributed by atoms with Crippen LogP contribution in [0.5, 0.6) is 5.75 Å². The minimum absolute atomic E-state index is 0.0212. The molecule has 0 saturated carbocycles. The molecular formula is C16H13ClO6S. The van der Waals surface area contributed by atoms with E-state index in [0.29, 0.717) is 21.9 Å². The van der Waals surface area contributed by atoms with Crippen LogP contribution in [0.4, 0.5) is 0 Å². The lowest BCUT2D eigenvalue weighted by Crippen LogP contribution is -2.16. The summed E-state index contributed by atoms with van der Waals surface area (Å²) < 4.78 is 36.0. The van der Waals surface area contributed by atoms with E-state index in [9.17, 15) is 18.3 Å². The first-order valence-corrected chi connectivity index (χ1v) is 8.98. The first-order chi connectivity index (χ1) is 11.4. The van der Waals surface area contributed by atoms with Crippen LogP contribution in [0.3, 0.4) is 0 Å². The number of carboxylic acid groups (broad SMARTS) is 1. The largest absolute Gasteiger partial charge is 0.478 e. The highest BCUT2D eigenvalue weighted by Gasteiger charge is 2.26. The molecule has 0 saturated heterocycles. The molecule has 0 spiro atoms. The second-order valence-corrected chi connectivity index (χ2v) is 7.62. The van der Waals surface area contributed by atoms with Gasteiger partial charge in [0.05, 0.1) is 22.8 Å². The molecule has 0 radical (unpaired) electrons. The zero-order valence-corrected chi connectivity index (χ0v) is 13.9. The Balaban J connectivity index is 2.05. The second kappa shape index (κ2) is 6.43. The highest BCUT2D eigenvalue weighted by molar-refractivity contribution is 7.90. The van der Waals surface area contributed by atoms with E-state index in [1.807, 2.05) is 0 Å². The molecule has 126 valence electrons. The summed E-state index contributed by atoms with van der Waals surface area (Å²) in [5.41, 5.74) is 0.768. The predicted octanol–water partition coefficient (Wildman–Crippen LogP) is 2.88. The molecule has 0 amide bonds. The summed E-state index contributed by atoms with van der Waals surface area (Å²) >= 11 is 6.04. The zero-order chi connectivity index (χ0) is 17.3. The Morgan fingerprint density at radius 2 is 2.00 bits per heavy atom. The molecular weight excluding hydrogens is 356 g/mol. The monoisotopic (exact) mass is 368 g/mol. The minimum Gasteiger partial charge on any atom is -0.478 e. The number of rotatable bonds is 4. The molecule has 3 rings (SSSR count). The summed E-state index contributed by atoms with van der Waals surface area (Å²) in [4.78, 5) is 11.0. The van der Waals surface area contributed by atoms with Gasteiger partial charge in [-0.25, -0.2) is 13.2 Å². The van der Waals surface area contributed by atoms with Crippen molar-refractivity contribution >= 4 is 27.4 Å². The normalized spacial score (nSPS) is 13.9. The lowest BCUT2D eigenvalue weighted by Gasteiger charge is -2.21. The third kappa shape index (κ3) is 3.24. The number of benzene rings is 2. The molecule has 0 aliphatic carbocycles. The zero-order valence-electron chi connectivity index (χ0n) is 12.4. The van der Waals surface area contributed by atoms with Crippen LogP contribution in [-0.2, 0) is 26.9 Å². The van der Waals surface area contributed by atoms with Crippen LogP contribution in [-0.4, -0.2) is 26.3 Å². The fourth-order valence-corrected chi connectivity index (χ4v) is 4.38. The molecule has 0 atom stereocenters. The van der Waals surface area contributed by atoms with Crippen molar-refractivity contribution < 1.29 is 27.8 Å². The summed E-state index contributed by atoms with van der Waals surface area (Å²) in [5.74, 6) is -1.30. The molecule has 1 N–H and O–H groups in total. The summed E-state index contributed by atoms with van der Waals surface area (Å²) in [7, 11) is -3.90. The first kappa shape index (κ1) is 16.8. The fourth-order valence-electron chi connectivity index (χ4n) is 2.56. The number of halogens is 1. The van der Waals surface area contributed by atoms with Crippen molar-refractivity contribution in [3.8, 4) is 5.75 Å². The number of hydrogen-bond acceptors (Lipinski definition) is 5. The van der Waals surface area contributed by atoms with E-state index >= 15 is 0 Å². The van der Waals surface area contributed by atoms with Crippen LogP contribution < -0.4 is 4.74 Å². The molecule has 0 bridgehead atoms. The molecule has 0 fully saturated rings. The van der Waals surface area contributed by atoms with E-state index in [4.69, 9.17) is 21.1 Å². The van der Waals surface area contributed by atoms with E-state index in [-0.39, 0.29) is 23.9 Å². The Hall–Kier alpha value is -2.09. The van der Waals surface area contributed by atoms with Gasteiger partial charge in [-0.1, -0.05) is 23.7 Å². The molecule has 2 aromatic rings. The van der Waals surface area contributed by atoms with Crippen LogP contribution in [0.1, 0.15) is 21.5 Å². The first-order valence-electron chi connectivity index (χ1n) is 6.95. The molecule has 0 aromatic heterocycles. The van der Waals surface area contributed by atoms with Crippen LogP contribution >= 0.6 is 11.6 Å². The van der Waals surface area contributed by atoms with E-state index in [1.54, 1.807) is 6.07 Å². The second-order valence-electron chi connectivity index (χ2n) is 5.22. The number of aromatic carboxylic acids is 1. The van der Waals surface area contributed by atoms with Crippen molar-refractivity contribution in [3.05, 3.63) is 58.1 Å². The van der Waals surface area contributed by atoms with Crippen LogP contribution in [0.2, 0.25) is 5.02 Å². The maximum Gasteiger partial charge on any atom is 0.337 e. The maximum absolute atomic E-state index is 12.7. The SMILES string of the molecule is O=C(O)c1ccccc1S(=O)(=O)Cc1cc(Cl)cc2c1OCOC2. The molecule has 1 aliphatic heterocycles. The van der Waals surface area contributed by atoms with Crippen molar-refractivity contribution in [1.82, 2.24) is 0 Å². The Morgan fingerprint density at radius 3 is 2.75 bits per heavy atom. The average Bonchev–Trinajstić information content (AvgIpc) is 2.54. The van der Waals surface area contributed by atoms with Crippen molar-refractivity contribution in [2.75, 3.05) is 6.79 Å². The van der Waals surface area contributed by atoms with Crippen molar-refractivity contribution in [2.45, 2.75) is 17.3 Å². The molecule has 24 heavy (non-hydrogen) atoms. The van der Waals surface area contributed by atoms with Gasteiger partial charge in [0, 0.05) is 16.1 Å². The smallest absolute Gasteiger partial charge is 0.337 e. The molecule has 1 heterocycles. The summed E-state index contributed by atoms with van der Waals surface area (Å²) in [6.07, 6.45) is 0. The van der Waals surface area contributed by atoms with E-state index in [2.05, 4.69) is 0 Å². The molecule has 2 aromatic carbocycles. The molecule has 1 aliphatic rings. The van der Waals surface area contributed by atoms with Gasteiger partial charge in [0.2, 0.25) is 0 Å². The highest BCUT2D eigenvalue weighted by atomic mass is 35.5. The number of carboxylic acids is 1. The van der Waals surface area contributed by atoms with E-state index < -0.39 is 21.6 Å². The Kier molecular flexibility index (Phi) is 4.49. The number of fused-ring (bicyclic) bond motifs is 1. The van der Waals surface area contributed by atoms with Crippen LogP contribution in [0.15, 0.2) is 41.3 Å². The van der Waals surface area contributed by atoms with Gasteiger partial charge >= 0.3 is 5.97 Å². The topological polar surface area (TPSA) is 89.9 Å². The van der Waals surface area contributed by atoms with E-state index in [1.165, 1.54) is 30.3 Å². The van der Waals surface area contributed by atoms with Crippen molar-refractivity contribution in [1.29, 1.82) is 0 Å². The quantitative estimate of drug-likeness (QED) is 0.892. The molecule has 0 unspecified atom stereocenters. The van der Waals surface area contributed by atoms with Gasteiger partial charge in [-0.05, 0) is 24.3 Å². The Labute approximate surface area is 143 Å². The van der Waals surface area contributed by atoms with Crippen molar-refractivity contribution in [2.24, 2.45) is 0 Å². The highest BCUT2D eigenvalue weighted by Crippen LogP contribution is 2.34. The third-order valence-electron chi connectivity index (χ3n) is 3.55. The number of sulfone groups is 1.